The van der Waals surface area contributed by atoms with Crippen molar-refractivity contribution < 1.29 is 18.3 Å². The van der Waals surface area contributed by atoms with Crippen molar-refractivity contribution >= 4 is 46.1 Å². The number of halogens is 4. The molecule has 0 bridgehead atoms. The molecule has 1 unspecified atom stereocenters. The minimum absolute atomic E-state index is 0.000318. The summed E-state index contributed by atoms with van der Waals surface area (Å²) >= 11 is 3.31. The number of piperidine rings is 1. The summed E-state index contributed by atoms with van der Waals surface area (Å²) in [7, 11) is 6.16. The summed E-state index contributed by atoms with van der Waals surface area (Å²) in [5.41, 5.74) is 1.72. The summed E-state index contributed by atoms with van der Waals surface area (Å²) in [5, 5.41) is 10.8. The van der Waals surface area contributed by atoms with Crippen molar-refractivity contribution in [3.8, 4) is 5.69 Å². The number of aliphatic hydroxyl groups is 1. The van der Waals surface area contributed by atoms with Crippen LogP contribution in [0, 0.1) is 26.2 Å². The summed E-state index contributed by atoms with van der Waals surface area (Å²) in [6, 6.07) is 1.99. The number of benzene rings is 1. The number of nitrogens with zero attached hydrogens (tertiary/aromatic N) is 4. The third-order valence-corrected chi connectivity index (χ3v) is 7.16. The topological polar surface area (TPSA) is 54.2 Å². The third-order valence-electron chi connectivity index (χ3n) is 6.55. The number of anilines is 1. The molecule has 10 heteroatoms. The maximum atomic E-state index is 13.3. The molecule has 1 saturated heterocycles. The average Bonchev–Trinajstić information content (AvgIpc) is 2.97. The summed E-state index contributed by atoms with van der Waals surface area (Å²) in [6.07, 6.45) is -2.64. The molecule has 5 nitrogen and oxygen atoms in total. The Labute approximate surface area is 200 Å². The number of aryl methyl sites for hydroxylation is 2. The van der Waals surface area contributed by atoms with E-state index < -0.39 is 11.7 Å². The van der Waals surface area contributed by atoms with Crippen LogP contribution in [0.25, 0.3) is 16.7 Å². The first-order valence-electron chi connectivity index (χ1n) is 10.7. The molecule has 33 heavy (non-hydrogen) atoms. The van der Waals surface area contributed by atoms with Gasteiger partial charge in [0.25, 0.3) is 0 Å². The van der Waals surface area contributed by atoms with E-state index in [0.29, 0.717) is 23.7 Å². The molecule has 174 valence electrons. The maximum absolute atomic E-state index is 13.3. The lowest BCUT2D eigenvalue weighted by atomic mass is 9.83. The highest BCUT2D eigenvalue weighted by Crippen LogP contribution is 2.39. The zero-order valence-corrected chi connectivity index (χ0v) is 20.6. The van der Waals surface area contributed by atoms with Gasteiger partial charge < -0.3 is 10.0 Å². The van der Waals surface area contributed by atoms with Gasteiger partial charge in [-0.2, -0.15) is 13.2 Å². The van der Waals surface area contributed by atoms with Crippen LogP contribution in [0.15, 0.2) is 16.6 Å². The second-order valence-electron chi connectivity index (χ2n) is 9.23. The fraction of sp³-hybridized carbons (Fsp3) is 0.478. The normalized spacial score (nSPS) is 19.5. The third kappa shape index (κ3) is 4.16. The van der Waals surface area contributed by atoms with Gasteiger partial charge in [0.1, 0.15) is 19.5 Å². The highest BCUT2D eigenvalue weighted by Gasteiger charge is 2.34. The summed E-state index contributed by atoms with van der Waals surface area (Å²) < 4.78 is 41.9. The number of hydrogen-bond acceptors (Lipinski definition) is 4. The Morgan fingerprint density at radius 1 is 1.21 bits per heavy atom. The van der Waals surface area contributed by atoms with E-state index in [9.17, 15) is 18.3 Å². The molecule has 1 atom stereocenters. The number of hydrogen-bond donors (Lipinski definition) is 1. The van der Waals surface area contributed by atoms with Gasteiger partial charge in [-0.15, -0.1) is 0 Å². The molecule has 0 saturated carbocycles. The minimum Gasteiger partial charge on any atom is -0.396 e. The molecule has 0 aliphatic carbocycles. The second kappa shape index (κ2) is 8.30. The van der Waals surface area contributed by atoms with Crippen molar-refractivity contribution in [2.45, 2.75) is 46.7 Å². The minimum atomic E-state index is -4.50. The quantitative estimate of drug-likeness (QED) is 0.516. The zero-order chi connectivity index (χ0) is 24.3. The first-order chi connectivity index (χ1) is 15.4. The molecule has 2 aromatic heterocycles. The molecule has 1 fully saturated rings. The van der Waals surface area contributed by atoms with Crippen LogP contribution in [0.1, 0.15) is 42.4 Å². The van der Waals surface area contributed by atoms with Crippen LogP contribution in [-0.4, -0.2) is 47.2 Å². The van der Waals surface area contributed by atoms with Gasteiger partial charge >= 0.3 is 6.18 Å². The summed E-state index contributed by atoms with van der Waals surface area (Å²) in [6.45, 7) is 9.26. The van der Waals surface area contributed by atoms with Crippen molar-refractivity contribution in [3.05, 3.63) is 39.3 Å². The Bertz CT molecular complexity index is 1220. The molecule has 1 aromatic carbocycles. The van der Waals surface area contributed by atoms with Crippen LogP contribution in [0.4, 0.5) is 19.0 Å². The molecule has 2 radical (unpaired) electrons. The van der Waals surface area contributed by atoms with Crippen LogP contribution < -0.4 is 10.4 Å². The van der Waals surface area contributed by atoms with Crippen molar-refractivity contribution in [2.75, 3.05) is 24.6 Å². The largest absolute Gasteiger partial charge is 0.416 e. The second-order valence-corrected chi connectivity index (χ2v) is 10.1. The van der Waals surface area contributed by atoms with Crippen LogP contribution in [0.2, 0.25) is 0 Å². The lowest BCUT2D eigenvalue weighted by molar-refractivity contribution is -0.137. The molecule has 1 aliphatic rings. The van der Waals surface area contributed by atoms with Gasteiger partial charge in [0.15, 0.2) is 5.65 Å². The molecule has 0 amide bonds. The average molecular weight is 521 g/mol. The van der Waals surface area contributed by atoms with E-state index in [2.05, 4.69) is 32.7 Å². The van der Waals surface area contributed by atoms with E-state index in [1.807, 2.05) is 13.8 Å². The fourth-order valence-electron chi connectivity index (χ4n) is 4.70. The monoisotopic (exact) mass is 520 g/mol. The molecule has 3 aromatic rings. The molecule has 3 heterocycles. The standard InChI is InChI=1S/C23H25BBrF3N4O/c1-12-13(2)32(19-16(24)8-15(9-17(19)25)23(26,27)28)21-18(12)20(29-14(3)30-21)31-7-5-6-22(4,10-31)11-33/h8-9,33H,5-7,10-11H2,1-4H3. The number of aliphatic hydroxyl groups excluding tert-OH is 1. The summed E-state index contributed by atoms with van der Waals surface area (Å²) in [4.78, 5) is 11.6. The first kappa shape index (κ1) is 24.1. The van der Waals surface area contributed by atoms with Crippen molar-refractivity contribution in [2.24, 2.45) is 5.41 Å². The van der Waals surface area contributed by atoms with Crippen molar-refractivity contribution in [1.82, 2.24) is 14.5 Å². The highest BCUT2D eigenvalue weighted by molar-refractivity contribution is 9.10. The van der Waals surface area contributed by atoms with Gasteiger partial charge in [-0.25, -0.2) is 9.97 Å². The van der Waals surface area contributed by atoms with E-state index in [1.54, 1.807) is 11.5 Å². The Hall–Kier alpha value is -2.07. The lowest BCUT2D eigenvalue weighted by Crippen LogP contribution is -2.44. The van der Waals surface area contributed by atoms with Crippen LogP contribution >= 0.6 is 15.9 Å². The zero-order valence-electron chi connectivity index (χ0n) is 19.0. The van der Waals surface area contributed by atoms with Gasteiger partial charge in [-0.3, -0.25) is 4.57 Å². The van der Waals surface area contributed by atoms with Crippen molar-refractivity contribution in [3.63, 3.8) is 0 Å². The predicted octanol–water partition coefficient (Wildman–Crippen LogP) is 4.52. The molecular weight excluding hydrogens is 496 g/mol. The Kier molecular flexibility index (Phi) is 6.06. The van der Waals surface area contributed by atoms with Crippen LogP contribution in [-0.2, 0) is 6.18 Å². The molecule has 4 rings (SSSR count). The van der Waals surface area contributed by atoms with E-state index in [4.69, 9.17) is 12.8 Å². The Balaban J connectivity index is 1.96. The van der Waals surface area contributed by atoms with E-state index in [-0.39, 0.29) is 22.0 Å². The smallest absolute Gasteiger partial charge is 0.396 e. The van der Waals surface area contributed by atoms with E-state index in [1.165, 1.54) is 0 Å². The number of rotatable bonds is 3. The predicted molar refractivity (Wildman–Crippen MR) is 128 cm³/mol. The van der Waals surface area contributed by atoms with Crippen LogP contribution in [0.3, 0.4) is 0 Å². The fourth-order valence-corrected chi connectivity index (χ4v) is 5.35. The Morgan fingerprint density at radius 2 is 1.91 bits per heavy atom. The summed E-state index contributed by atoms with van der Waals surface area (Å²) in [5.74, 6) is 1.33. The lowest BCUT2D eigenvalue weighted by Gasteiger charge is -2.40. The van der Waals surface area contributed by atoms with Crippen LogP contribution in [0.5, 0.6) is 0 Å². The van der Waals surface area contributed by atoms with E-state index >= 15 is 0 Å². The molecule has 0 spiro atoms. The SMILES string of the molecule is [B]c1cc(C(F)(F)F)cc(Br)c1-n1c(C)c(C)c2c(N3CCCC(C)(CO)C3)nc(C)nc21. The van der Waals surface area contributed by atoms with Gasteiger partial charge in [-0.05, 0) is 61.2 Å². The number of alkyl halides is 3. The first-order valence-corrected chi connectivity index (χ1v) is 11.5. The van der Waals surface area contributed by atoms with Gasteiger partial charge in [0.2, 0.25) is 0 Å². The maximum Gasteiger partial charge on any atom is 0.416 e. The number of aromatic nitrogens is 3. The molecule has 1 N–H and O–H groups in total. The van der Waals surface area contributed by atoms with Gasteiger partial charge in [0, 0.05) is 28.7 Å². The van der Waals surface area contributed by atoms with Gasteiger partial charge in [-0.1, -0.05) is 18.5 Å². The molecular formula is C23H25BBrF3N4O. The molecule has 1 aliphatic heterocycles. The van der Waals surface area contributed by atoms with Gasteiger partial charge in [0.05, 0.1) is 23.2 Å². The van der Waals surface area contributed by atoms with E-state index in [0.717, 1.165) is 54.0 Å². The number of fused-ring (bicyclic) bond motifs is 1. The van der Waals surface area contributed by atoms with Crippen molar-refractivity contribution in [1.29, 1.82) is 0 Å². The Morgan fingerprint density at radius 3 is 2.52 bits per heavy atom. The highest BCUT2D eigenvalue weighted by atomic mass is 79.9.